The molecule has 2 aromatic carbocycles. The van der Waals surface area contributed by atoms with Crippen LogP contribution in [0.25, 0.3) is 0 Å². The summed E-state index contributed by atoms with van der Waals surface area (Å²) in [6, 6.07) is 15.6. The summed E-state index contributed by atoms with van der Waals surface area (Å²) in [5.41, 5.74) is 1.14. The van der Waals surface area contributed by atoms with Crippen molar-refractivity contribution in [3.8, 4) is 5.75 Å². The Hall–Kier alpha value is -1.56. The molecule has 0 aromatic heterocycles. The number of carbonyl (C=O) groups excluding carboxylic acids is 1. The fourth-order valence-corrected chi connectivity index (χ4v) is 3.90. The van der Waals surface area contributed by atoms with Gasteiger partial charge in [0.05, 0.1) is 5.02 Å². The highest BCUT2D eigenvalue weighted by molar-refractivity contribution is 9.10. The van der Waals surface area contributed by atoms with Gasteiger partial charge in [0.15, 0.2) is 6.61 Å². The molecule has 1 aliphatic rings. The molecule has 1 amide bonds. The van der Waals surface area contributed by atoms with Crippen molar-refractivity contribution < 1.29 is 14.3 Å². The number of halogens is 2. The lowest BCUT2D eigenvalue weighted by Crippen LogP contribution is -2.45. The summed E-state index contributed by atoms with van der Waals surface area (Å²) in [6.45, 7) is 1.91. The lowest BCUT2D eigenvalue weighted by molar-refractivity contribution is -0.123. The van der Waals surface area contributed by atoms with E-state index < -0.39 is 0 Å². The molecule has 1 aliphatic heterocycles. The van der Waals surface area contributed by atoms with Crippen LogP contribution >= 0.6 is 27.5 Å². The van der Waals surface area contributed by atoms with Crippen LogP contribution in [0, 0.1) is 0 Å². The fraction of sp³-hybridized carbons (Fsp3) is 0.350. The molecular formula is C20H21BrClNO3. The van der Waals surface area contributed by atoms with Gasteiger partial charge in [-0.1, -0.05) is 57.9 Å². The minimum Gasteiger partial charge on any atom is -0.482 e. The second kappa shape index (κ2) is 8.89. The van der Waals surface area contributed by atoms with Crippen LogP contribution in [0.4, 0.5) is 0 Å². The third kappa shape index (κ3) is 4.78. The Labute approximate surface area is 167 Å². The maximum Gasteiger partial charge on any atom is 0.257 e. The number of ether oxygens (including phenoxy) is 2. The van der Waals surface area contributed by atoms with E-state index in [4.69, 9.17) is 21.1 Å². The zero-order chi connectivity index (χ0) is 18.4. The van der Waals surface area contributed by atoms with Gasteiger partial charge in [0.25, 0.3) is 5.91 Å². The molecule has 0 spiro atoms. The van der Waals surface area contributed by atoms with Gasteiger partial charge in [-0.05, 0) is 36.6 Å². The summed E-state index contributed by atoms with van der Waals surface area (Å²) in [6.07, 6.45) is 1.77. The molecule has 2 aromatic rings. The third-order valence-electron chi connectivity index (χ3n) is 4.71. The zero-order valence-corrected chi connectivity index (χ0v) is 16.7. The summed E-state index contributed by atoms with van der Waals surface area (Å²) >= 11 is 9.46. The number of hydrogen-bond donors (Lipinski definition) is 1. The van der Waals surface area contributed by atoms with Gasteiger partial charge in [-0.3, -0.25) is 4.79 Å². The van der Waals surface area contributed by atoms with E-state index in [1.807, 2.05) is 24.3 Å². The zero-order valence-electron chi connectivity index (χ0n) is 14.3. The van der Waals surface area contributed by atoms with E-state index in [-0.39, 0.29) is 17.9 Å². The van der Waals surface area contributed by atoms with E-state index in [1.165, 1.54) is 5.56 Å². The lowest BCUT2D eigenvalue weighted by atomic mass is 9.74. The van der Waals surface area contributed by atoms with Crippen LogP contribution in [0.2, 0.25) is 5.02 Å². The van der Waals surface area contributed by atoms with Crippen molar-refractivity contribution in [3.05, 3.63) is 63.6 Å². The summed E-state index contributed by atoms with van der Waals surface area (Å²) in [4.78, 5) is 12.3. The monoisotopic (exact) mass is 437 g/mol. The van der Waals surface area contributed by atoms with Crippen molar-refractivity contribution in [2.45, 2.75) is 18.3 Å². The summed E-state index contributed by atoms with van der Waals surface area (Å²) in [5, 5.41) is 3.49. The molecule has 1 saturated heterocycles. The molecule has 0 radical (unpaired) electrons. The van der Waals surface area contributed by atoms with Crippen LogP contribution in [-0.2, 0) is 14.9 Å². The molecule has 1 fully saturated rings. The highest BCUT2D eigenvalue weighted by Crippen LogP contribution is 2.34. The first kappa shape index (κ1) is 19.2. The van der Waals surface area contributed by atoms with Crippen molar-refractivity contribution in [3.63, 3.8) is 0 Å². The summed E-state index contributed by atoms with van der Waals surface area (Å²) in [5.74, 6) is 0.333. The molecule has 138 valence electrons. The molecule has 1 heterocycles. The van der Waals surface area contributed by atoms with Crippen molar-refractivity contribution in [2.24, 2.45) is 0 Å². The number of rotatable bonds is 6. The Kier molecular flexibility index (Phi) is 6.57. The first-order valence-electron chi connectivity index (χ1n) is 8.57. The molecule has 6 heteroatoms. The van der Waals surface area contributed by atoms with Gasteiger partial charge in [0.2, 0.25) is 0 Å². The number of benzene rings is 2. The normalized spacial score (nSPS) is 16.1. The Morgan fingerprint density at radius 3 is 2.62 bits per heavy atom. The standard InChI is InChI=1S/C20H21BrClNO3/c21-16-6-7-18(17(22)12-16)26-13-19(24)23-14-20(8-10-25-11-9-20)15-4-2-1-3-5-15/h1-7,12H,8-11,13-14H2,(H,23,24). The van der Waals surface area contributed by atoms with E-state index >= 15 is 0 Å². The maximum atomic E-state index is 12.3. The smallest absolute Gasteiger partial charge is 0.257 e. The maximum absolute atomic E-state index is 12.3. The third-order valence-corrected chi connectivity index (χ3v) is 5.50. The van der Waals surface area contributed by atoms with E-state index in [0.717, 1.165) is 17.3 Å². The van der Waals surface area contributed by atoms with Gasteiger partial charge in [-0.2, -0.15) is 0 Å². The fourth-order valence-electron chi connectivity index (χ4n) is 3.18. The lowest BCUT2D eigenvalue weighted by Gasteiger charge is -2.38. The van der Waals surface area contributed by atoms with Crippen molar-refractivity contribution in [2.75, 3.05) is 26.4 Å². The molecule has 0 aliphatic carbocycles. The van der Waals surface area contributed by atoms with Crippen LogP contribution < -0.4 is 10.1 Å². The molecular weight excluding hydrogens is 418 g/mol. The van der Waals surface area contributed by atoms with Crippen LogP contribution in [0.3, 0.4) is 0 Å². The van der Waals surface area contributed by atoms with Gasteiger partial charge in [-0.15, -0.1) is 0 Å². The molecule has 1 N–H and O–H groups in total. The second-order valence-electron chi connectivity index (χ2n) is 6.40. The second-order valence-corrected chi connectivity index (χ2v) is 7.72. The Bertz CT molecular complexity index is 748. The highest BCUT2D eigenvalue weighted by atomic mass is 79.9. The number of amides is 1. The number of hydrogen-bond acceptors (Lipinski definition) is 3. The van der Waals surface area contributed by atoms with Crippen LogP contribution in [0.5, 0.6) is 5.75 Å². The predicted octanol–water partition coefficient (Wildman–Crippen LogP) is 4.35. The van der Waals surface area contributed by atoms with Crippen molar-refractivity contribution in [1.82, 2.24) is 5.32 Å². The molecule has 0 saturated carbocycles. The minimum absolute atomic E-state index is 0.0667. The van der Waals surface area contributed by atoms with Gasteiger partial charge in [0, 0.05) is 29.6 Å². The van der Waals surface area contributed by atoms with Crippen LogP contribution in [0.15, 0.2) is 53.0 Å². The van der Waals surface area contributed by atoms with Gasteiger partial charge >= 0.3 is 0 Å². The van der Waals surface area contributed by atoms with Crippen molar-refractivity contribution >= 4 is 33.4 Å². The van der Waals surface area contributed by atoms with Crippen LogP contribution in [-0.4, -0.2) is 32.3 Å². The molecule has 4 nitrogen and oxygen atoms in total. The first-order valence-corrected chi connectivity index (χ1v) is 9.74. The largest absolute Gasteiger partial charge is 0.482 e. The van der Waals surface area contributed by atoms with Gasteiger partial charge in [-0.25, -0.2) is 0 Å². The first-order chi connectivity index (χ1) is 12.6. The molecule has 0 unspecified atom stereocenters. The molecule has 26 heavy (non-hydrogen) atoms. The van der Waals surface area contributed by atoms with E-state index in [9.17, 15) is 4.79 Å². The van der Waals surface area contributed by atoms with E-state index in [2.05, 4.69) is 33.4 Å². The quantitative estimate of drug-likeness (QED) is 0.729. The Morgan fingerprint density at radius 2 is 1.92 bits per heavy atom. The average molecular weight is 439 g/mol. The highest BCUT2D eigenvalue weighted by Gasteiger charge is 2.34. The SMILES string of the molecule is O=C(COc1ccc(Br)cc1Cl)NCC1(c2ccccc2)CCOCC1. The van der Waals surface area contributed by atoms with E-state index in [1.54, 1.807) is 12.1 Å². The number of carbonyl (C=O) groups is 1. The summed E-state index contributed by atoms with van der Waals surface area (Å²) < 4.78 is 11.9. The average Bonchev–Trinajstić information content (AvgIpc) is 2.67. The molecule has 0 bridgehead atoms. The number of nitrogens with one attached hydrogen (secondary N) is 1. The summed E-state index contributed by atoms with van der Waals surface area (Å²) in [7, 11) is 0. The predicted molar refractivity (Wildman–Crippen MR) is 106 cm³/mol. The Balaban J connectivity index is 1.59. The van der Waals surface area contributed by atoms with Crippen molar-refractivity contribution in [1.29, 1.82) is 0 Å². The topological polar surface area (TPSA) is 47.6 Å². The molecule has 3 rings (SSSR count). The minimum atomic E-state index is -0.161. The molecule has 0 atom stereocenters. The van der Waals surface area contributed by atoms with E-state index in [0.29, 0.717) is 30.5 Å². The van der Waals surface area contributed by atoms with Crippen LogP contribution in [0.1, 0.15) is 18.4 Å². The van der Waals surface area contributed by atoms with Gasteiger partial charge < -0.3 is 14.8 Å². The van der Waals surface area contributed by atoms with Gasteiger partial charge in [0.1, 0.15) is 5.75 Å². The Morgan fingerprint density at radius 1 is 1.19 bits per heavy atom.